The summed E-state index contributed by atoms with van der Waals surface area (Å²) in [5.74, 6) is -1.87. The quantitative estimate of drug-likeness (QED) is 0.582. The van der Waals surface area contributed by atoms with Crippen molar-refractivity contribution < 1.29 is 26.3 Å². The van der Waals surface area contributed by atoms with Crippen molar-refractivity contribution in [2.75, 3.05) is 0 Å². The molecule has 0 bridgehead atoms. The molecule has 0 aliphatic heterocycles. The number of halogens is 6. The summed E-state index contributed by atoms with van der Waals surface area (Å²) >= 11 is 0. The van der Waals surface area contributed by atoms with Crippen LogP contribution in [0.25, 0.3) is 0 Å². The average molecular weight is 290 g/mol. The van der Waals surface area contributed by atoms with Crippen molar-refractivity contribution in [1.82, 2.24) is 0 Å². The lowest BCUT2D eigenvalue weighted by molar-refractivity contribution is -0.164. The normalized spacial score (nSPS) is 29.8. The largest absolute Gasteiger partial charge is 0.389 e. The second kappa shape index (κ2) is 5.17. The first kappa shape index (κ1) is 16.6. The molecule has 1 aliphatic rings. The Morgan fingerprint density at radius 1 is 0.737 bits per heavy atom. The highest BCUT2D eigenvalue weighted by atomic mass is 19.4. The van der Waals surface area contributed by atoms with Gasteiger partial charge in [0.25, 0.3) is 0 Å². The smallest absolute Gasteiger partial charge is 0.171 e. The molecule has 0 aromatic carbocycles. The van der Waals surface area contributed by atoms with E-state index in [1.165, 1.54) is 0 Å². The Hall–Kier alpha value is -0.420. The Bertz CT molecular complexity index is 272. The molecule has 1 rings (SSSR count). The maximum absolute atomic E-state index is 12.5. The van der Waals surface area contributed by atoms with E-state index < -0.39 is 37.0 Å². The van der Waals surface area contributed by atoms with Gasteiger partial charge in [-0.2, -0.15) is 26.3 Å². The molecule has 1 saturated carbocycles. The van der Waals surface area contributed by atoms with Crippen LogP contribution < -0.4 is 0 Å². The molecule has 0 N–H and O–H groups in total. The van der Waals surface area contributed by atoms with E-state index in [4.69, 9.17) is 0 Å². The van der Waals surface area contributed by atoms with Gasteiger partial charge in [0.05, 0.1) is 0 Å². The molecule has 0 aromatic rings. The maximum Gasteiger partial charge on any atom is 0.389 e. The van der Waals surface area contributed by atoms with Crippen molar-refractivity contribution in [1.29, 1.82) is 0 Å². The molecule has 0 radical (unpaired) electrons. The lowest BCUT2D eigenvalue weighted by Gasteiger charge is -2.27. The lowest BCUT2D eigenvalue weighted by atomic mass is 9.79. The van der Waals surface area contributed by atoms with Crippen molar-refractivity contribution in [3.63, 3.8) is 0 Å². The van der Waals surface area contributed by atoms with Gasteiger partial charge in [-0.1, -0.05) is 20.8 Å². The molecule has 0 nitrogen and oxygen atoms in total. The third kappa shape index (κ3) is 5.61. The van der Waals surface area contributed by atoms with Crippen molar-refractivity contribution in [3.05, 3.63) is 0 Å². The Labute approximate surface area is 109 Å². The van der Waals surface area contributed by atoms with E-state index in [9.17, 15) is 26.3 Å². The first-order chi connectivity index (χ1) is 8.28. The monoisotopic (exact) mass is 290 g/mol. The van der Waals surface area contributed by atoms with Crippen LogP contribution in [0.3, 0.4) is 0 Å². The number of hydrogen-bond acceptors (Lipinski definition) is 0. The van der Waals surface area contributed by atoms with Gasteiger partial charge in [-0.05, 0) is 36.0 Å². The van der Waals surface area contributed by atoms with Crippen LogP contribution in [0.2, 0.25) is 0 Å². The van der Waals surface area contributed by atoms with Crippen LogP contribution >= 0.6 is 0 Å². The molecule has 6 heteroatoms. The Kier molecular flexibility index (Phi) is 4.52. The number of rotatable bonds is 2. The molecule has 114 valence electrons. The zero-order chi connectivity index (χ0) is 15.1. The van der Waals surface area contributed by atoms with Gasteiger partial charge in [0, 0.05) is 12.8 Å². The first-order valence-corrected chi connectivity index (χ1v) is 6.41. The minimum atomic E-state index is -4.39. The molecule has 0 amide bonds. The highest BCUT2D eigenvalue weighted by molar-refractivity contribution is 4.90. The summed E-state index contributed by atoms with van der Waals surface area (Å²) < 4.78 is 74.7. The average Bonchev–Trinajstić information content (AvgIpc) is 2.41. The third-order valence-corrected chi connectivity index (χ3v) is 4.05. The minimum Gasteiger partial charge on any atom is -0.171 e. The van der Waals surface area contributed by atoms with Gasteiger partial charge in [-0.3, -0.25) is 0 Å². The summed E-state index contributed by atoms with van der Waals surface area (Å²) in [4.78, 5) is 0. The van der Waals surface area contributed by atoms with Gasteiger partial charge in [0.15, 0.2) is 0 Å². The number of hydrogen-bond donors (Lipinski definition) is 0. The van der Waals surface area contributed by atoms with Gasteiger partial charge < -0.3 is 0 Å². The summed E-state index contributed by atoms with van der Waals surface area (Å²) in [5.41, 5.74) is -0.246. The summed E-state index contributed by atoms with van der Waals surface area (Å²) in [7, 11) is 0. The Balaban J connectivity index is 2.79. The van der Waals surface area contributed by atoms with Crippen LogP contribution in [0.5, 0.6) is 0 Å². The first-order valence-electron chi connectivity index (χ1n) is 6.41. The third-order valence-electron chi connectivity index (χ3n) is 4.05. The predicted molar refractivity (Wildman–Crippen MR) is 60.5 cm³/mol. The summed E-state index contributed by atoms with van der Waals surface area (Å²) in [6.45, 7) is 5.62. The number of alkyl halides is 6. The van der Waals surface area contributed by atoms with E-state index in [0.717, 1.165) is 0 Å². The maximum atomic E-state index is 12.5. The Morgan fingerprint density at radius 3 is 1.26 bits per heavy atom. The highest BCUT2D eigenvalue weighted by Crippen LogP contribution is 2.51. The van der Waals surface area contributed by atoms with E-state index in [2.05, 4.69) is 0 Å². The molecular formula is C13H20F6. The molecule has 19 heavy (non-hydrogen) atoms. The van der Waals surface area contributed by atoms with E-state index in [0.29, 0.717) is 0 Å². The van der Waals surface area contributed by atoms with Crippen LogP contribution in [0, 0.1) is 23.2 Å². The minimum absolute atomic E-state index is 0.0767. The van der Waals surface area contributed by atoms with Crippen LogP contribution in [-0.4, -0.2) is 12.4 Å². The highest BCUT2D eigenvalue weighted by Gasteiger charge is 2.47. The van der Waals surface area contributed by atoms with Crippen LogP contribution in [0.15, 0.2) is 0 Å². The standard InChI is InChI=1S/C13H20F6/c1-11(2,3)10-4-8(6-12(14,15)16)9(5-10)7-13(17,18)19/h8-10H,4-7H2,1-3H3/t8-,9+,10?. The summed E-state index contributed by atoms with van der Waals surface area (Å²) in [5, 5.41) is 0. The fraction of sp³-hybridized carbons (Fsp3) is 1.00. The van der Waals surface area contributed by atoms with Crippen molar-refractivity contribution >= 4 is 0 Å². The van der Waals surface area contributed by atoms with E-state index in [1.54, 1.807) is 0 Å². The lowest BCUT2D eigenvalue weighted by Crippen LogP contribution is -2.22. The fourth-order valence-electron chi connectivity index (χ4n) is 3.01. The van der Waals surface area contributed by atoms with Gasteiger partial charge in [-0.15, -0.1) is 0 Å². The van der Waals surface area contributed by atoms with E-state index in [-0.39, 0.29) is 24.2 Å². The summed E-state index contributed by atoms with van der Waals surface area (Å²) in [6.07, 6.45) is -10.5. The topological polar surface area (TPSA) is 0 Å². The molecule has 0 heterocycles. The van der Waals surface area contributed by atoms with Crippen molar-refractivity contribution in [2.24, 2.45) is 23.2 Å². The van der Waals surface area contributed by atoms with E-state index >= 15 is 0 Å². The van der Waals surface area contributed by atoms with Crippen LogP contribution in [0.4, 0.5) is 26.3 Å². The zero-order valence-electron chi connectivity index (χ0n) is 11.3. The SMILES string of the molecule is CC(C)(C)C1C[C@H](CC(F)(F)F)[C@H](CC(F)(F)F)C1. The molecule has 1 aliphatic carbocycles. The second-order valence-corrected chi connectivity index (χ2v) is 6.69. The Morgan fingerprint density at radius 2 is 1.05 bits per heavy atom. The molecule has 0 aromatic heterocycles. The molecule has 1 fully saturated rings. The fourth-order valence-corrected chi connectivity index (χ4v) is 3.01. The van der Waals surface area contributed by atoms with Gasteiger partial charge >= 0.3 is 12.4 Å². The van der Waals surface area contributed by atoms with Crippen LogP contribution in [-0.2, 0) is 0 Å². The summed E-state index contributed by atoms with van der Waals surface area (Å²) in [6, 6.07) is 0. The molecule has 1 unspecified atom stereocenters. The van der Waals surface area contributed by atoms with Gasteiger partial charge in [0.1, 0.15) is 0 Å². The van der Waals surface area contributed by atoms with E-state index in [1.807, 2.05) is 20.8 Å². The van der Waals surface area contributed by atoms with Gasteiger partial charge in [0.2, 0.25) is 0 Å². The second-order valence-electron chi connectivity index (χ2n) is 6.69. The van der Waals surface area contributed by atoms with Gasteiger partial charge in [-0.25, -0.2) is 0 Å². The predicted octanol–water partition coefficient (Wildman–Crippen LogP) is 5.58. The van der Waals surface area contributed by atoms with Crippen LogP contribution in [0.1, 0.15) is 46.5 Å². The molecule has 3 atom stereocenters. The molecular weight excluding hydrogens is 270 g/mol. The van der Waals surface area contributed by atoms with Crippen molar-refractivity contribution in [3.8, 4) is 0 Å². The zero-order valence-corrected chi connectivity index (χ0v) is 11.3. The molecule has 0 saturated heterocycles. The van der Waals surface area contributed by atoms with Crippen molar-refractivity contribution in [2.45, 2.75) is 58.8 Å². The molecule has 0 spiro atoms.